The highest BCUT2D eigenvalue weighted by molar-refractivity contribution is 8.00. The van der Waals surface area contributed by atoms with Gasteiger partial charge in [0.15, 0.2) is 5.16 Å². The minimum Gasteiger partial charge on any atom is -0.468 e. The average Bonchev–Trinajstić information content (AvgIpc) is 2.91. The van der Waals surface area contributed by atoms with Crippen molar-refractivity contribution in [2.24, 2.45) is 7.05 Å². The van der Waals surface area contributed by atoms with Gasteiger partial charge in [0, 0.05) is 11.9 Å². The number of thioether (sulfide) groups is 1. The number of rotatable bonds is 4. The molecule has 0 saturated heterocycles. The lowest BCUT2D eigenvalue weighted by Gasteiger charge is -2.15. The fourth-order valence-electron chi connectivity index (χ4n) is 2.55. The third-order valence-corrected chi connectivity index (χ3v) is 6.49. The summed E-state index contributed by atoms with van der Waals surface area (Å²) in [6.07, 6.45) is 0. The SMILES string of the molecule is COC(=O)[C@H](Sc1nc2sc(C)c(C)c2c(=O)n1C)c1ccccc1. The van der Waals surface area contributed by atoms with Gasteiger partial charge in [-0.3, -0.25) is 14.2 Å². The molecule has 0 spiro atoms. The summed E-state index contributed by atoms with van der Waals surface area (Å²) >= 11 is 2.73. The van der Waals surface area contributed by atoms with Crippen molar-refractivity contribution >= 4 is 39.3 Å². The Morgan fingerprint density at radius 3 is 2.60 bits per heavy atom. The second kappa shape index (κ2) is 7.01. The molecule has 0 saturated carbocycles. The Morgan fingerprint density at radius 1 is 1.28 bits per heavy atom. The first kappa shape index (κ1) is 17.7. The summed E-state index contributed by atoms with van der Waals surface area (Å²) in [6.45, 7) is 3.92. The topological polar surface area (TPSA) is 61.2 Å². The van der Waals surface area contributed by atoms with Crippen LogP contribution in [0.4, 0.5) is 0 Å². The lowest BCUT2D eigenvalue weighted by atomic mass is 10.1. The normalized spacial score (nSPS) is 12.3. The van der Waals surface area contributed by atoms with Gasteiger partial charge in [-0.15, -0.1) is 11.3 Å². The number of aryl methyl sites for hydroxylation is 2. The average molecular weight is 374 g/mol. The summed E-state index contributed by atoms with van der Waals surface area (Å²) in [7, 11) is 3.04. The van der Waals surface area contributed by atoms with Crippen molar-refractivity contribution in [3.8, 4) is 0 Å². The Labute approximate surface area is 153 Å². The van der Waals surface area contributed by atoms with Crippen LogP contribution in [0.15, 0.2) is 40.3 Å². The van der Waals surface area contributed by atoms with Crippen molar-refractivity contribution in [2.45, 2.75) is 24.3 Å². The van der Waals surface area contributed by atoms with Crippen molar-refractivity contribution in [1.29, 1.82) is 0 Å². The van der Waals surface area contributed by atoms with E-state index in [0.29, 0.717) is 15.4 Å². The molecule has 0 aliphatic carbocycles. The predicted octanol–water partition coefficient (Wildman–Crippen LogP) is 3.62. The number of nitrogens with zero attached hydrogens (tertiary/aromatic N) is 2. The zero-order valence-corrected chi connectivity index (χ0v) is 16.0. The molecule has 130 valence electrons. The molecular weight excluding hydrogens is 356 g/mol. The Kier molecular flexibility index (Phi) is 4.96. The Balaban J connectivity index is 2.10. The Bertz CT molecular complexity index is 993. The van der Waals surface area contributed by atoms with E-state index in [1.165, 1.54) is 34.8 Å². The smallest absolute Gasteiger partial charge is 0.323 e. The molecule has 2 heterocycles. The number of esters is 1. The number of methoxy groups -OCH3 is 1. The summed E-state index contributed by atoms with van der Waals surface area (Å²) in [5.74, 6) is -0.371. The number of thiophene rings is 1. The minimum absolute atomic E-state index is 0.0916. The molecule has 0 aliphatic rings. The van der Waals surface area contributed by atoms with Crippen LogP contribution in [-0.2, 0) is 16.6 Å². The third kappa shape index (κ3) is 3.21. The second-order valence-electron chi connectivity index (χ2n) is 5.65. The van der Waals surface area contributed by atoms with Crippen LogP contribution in [0.25, 0.3) is 10.2 Å². The zero-order valence-electron chi connectivity index (χ0n) is 14.4. The minimum atomic E-state index is -0.580. The van der Waals surface area contributed by atoms with Crippen LogP contribution in [0.2, 0.25) is 0 Å². The number of carbonyl (C=O) groups excluding carboxylic acids is 1. The van der Waals surface area contributed by atoms with E-state index >= 15 is 0 Å². The molecule has 1 atom stereocenters. The van der Waals surface area contributed by atoms with Crippen LogP contribution in [0.5, 0.6) is 0 Å². The van der Waals surface area contributed by atoms with Crippen molar-refractivity contribution in [2.75, 3.05) is 7.11 Å². The number of fused-ring (bicyclic) bond motifs is 1. The highest BCUT2D eigenvalue weighted by Crippen LogP contribution is 2.36. The van der Waals surface area contributed by atoms with Gasteiger partial charge in [-0.2, -0.15) is 0 Å². The van der Waals surface area contributed by atoms with Gasteiger partial charge < -0.3 is 4.74 Å². The third-order valence-electron chi connectivity index (χ3n) is 4.11. The molecule has 5 nitrogen and oxygen atoms in total. The fraction of sp³-hybridized carbons (Fsp3) is 0.278. The summed E-state index contributed by atoms with van der Waals surface area (Å²) < 4.78 is 6.45. The maximum Gasteiger partial charge on any atom is 0.323 e. The molecule has 0 aliphatic heterocycles. The maximum atomic E-state index is 12.7. The first-order valence-electron chi connectivity index (χ1n) is 7.70. The molecule has 3 aromatic rings. The maximum absolute atomic E-state index is 12.7. The molecule has 0 amide bonds. The molecule has 7 heteroatoms. The van der Waals surface area contributed by atoms with Gasteiger partial charge >= 0.3 is 5.97 Å². The molecule has 3 rings (SSSR count). The molecule has 0 fully saturated rings. The van der Waals surface area contributed by atoms with Crippen molar-refractivity contribution in [3.63, 3.8) is 0 Å². The van der Waals surface area contributed by atoms with E-state index in [4.69, 9.17) is 4.74 Å². The van der Waals surface area contributed by atoms with Crippen molar-refractivity contribution < 1.29 is 9.53 Å². The predicted molar refractivity (Wildman–Crippen MR) is 101 cm³/mol. The van der Waals surface area contributed by atoms with Crippen LogP contribution in [-0.4, -0.2) is 22.6 Å². The quantitative estimate of drug-likeness (QED) is 0.397. The van der Waals surface area contributed by atoms with Gasteiger partial charge in [-0.1, -0.05) is 42.1 Å². The first-order chi connectivity index (χ1) is 11.9. The van der Waals surface area contributed by atoms with E-state index in [2.05, 4.69) is 4.98 Å². The van der Waals surface area contributed by atoms with Gasteiger partial charge in [0.05, 0.1) is 12.5 Å². The molecule has 0 unspecified atom stereocenters. The molecule has 2 aromatic heterocycles. The number of carbonyl (C=O) groups is 1. The van der Waals surface area contributed by atoms with Crippen LogP contribution < -0.4 is 5.56 Å². The van der Waals surface area contributed by atoms with Crippen LogP contribution >= 0.6 is 23.1 Å². The molecule has 0 radical (unpaired) electrons. The molecule has 0 bridgehead atoms. The van der Waals surface area contributed by atoms with E-state index in [0.717, 1.165) is 16.0 Å². The van der Waals surface area contributed by atoms with E-state index < -0.39 is 5.25 Å². The summed E-state index contributed by atoms with van der Waals surface area (Å²) in [4.78, 5) is 31.4. The summed E-state index contributed by atoms with van der Waals surface area (Å²) in [5.41, 5.74) is 1.69. The zero-order chi connectivity index (χ0) is 18.1. The summed E-state index contributed by atoms with van der Waals surface area (Å²) in [6, 6.07) is 9.36. The van der Waals surface area contributed by atoms with Gasteiger partial charge in [0.2, 0.25) is 0 Å². The Hall–Kier alpha value is -2.12. The number of ether oxygens (including phenoxy) is 1. The van der Waals surface area contributed by atoms with Crippen LogP contribution in [0, 0.1) is 13.8 Å². The van der Waals surface area contributed by atoms with Gasteiger partial charge in [0.1, 0.15) is 10.1 Å². The number of hydrogen-bond donors (Lipinski definition) is 0. The fourth-order valence-corrected chi connectivity index (χ4v) is 4.71. The summed E-state index contributed by atoms with van der Waals surface area (Å²) in [5, 5.41) is 0.575. The lowest BCUT2D eigenvalue weighted by molar-refractivity contribution is -0.140. The largest absolute Gasteiger partial charge is 0.468 e. The number of hydrogen-bond acceptors (Lipinski definition) is 6. The highest BCUT2D eigenvalue weighted by Gasteiger charge is 2.25. The van der Waals surface area contributed by atoms with Crippen LogP contribution in [0.1, 0.15) is 21.3 Å². The van der Waals surface area contributed by atoms with Crippen LogP contribution in [0.3, 0.4) is 0 Å². The molecule has 25 heavy (non-hydrogen) atoms. The van der Waals surface area contributed by atoms with E-state index in [1.807, 2.05) is 44.2 Å². The standard InChI is InChI=1S/C18H18N2O3S2/c1-10-11(2)24-15-13(10)16(21)20(3)18(19-15)25-14(17(22)23-4)12-8-6-5-7-9-12/h5-9,14H,1-4H3/t14-/m1/s1. The van der Waals surface area contributed by atoms with Crippen molar-refractivity contribution in [3.05, 3.63) is 56.7 Å². The lowest BCUT2D eigenvalue weighted by Crippen LogP contribution is -2.21. The molecule has 0 N–H and O–H groups in total. The van der Waals surface area contributed by atoms with Gasteiger partial charge in [0.25, 0.3) is 5.56 Å². The van der Waals surface area contributed by atoms with Gasteiger partial charge in [-0.25, -0.2) is 4.98 Å². The van der Waals surface area contributed by atoms with E-state index in [1.54, 1.807) is 7.05 Å². The van der Waals surface area contributed by atoms with Crippen molar-refractivity contribution in [1.82, 2.24) is 9.55 Å². The second-order valence-corrected chi connectivity index (χ2v) is 7.93. The number of aromatic nitrogens is 2. The van der Waals surface area contributed by atoms with E-state index in [9.17, 15) is 9.59 Å². The van der Waals surface area contributed by atoms with E-state index in [-0.39, 0.29) is 11.5 Å². The highest BCUT2D eigenvalue weighted by atomic mass is 32.2. The monoisotopic (exact) mass is 374 g/mol. The molecular formula is C18H18N2O3S2. The number of benzene rings is 1. The molecule has 1 aromatic carbocycles. The Morgan fingerprint density at radius 2 is 1.96 bits per heavy atom. The van der Waals surface area contributed by atoms with Gasteiger partial charge in [-0.05, 0) is 25.0 Å². The first-order valence-corrected chi connectivity index (χ1v) is 9.39.